The van der Waals surface area contributed by atoms with E-state index < -0.39 is 10.2 Å². The summed E-state index contributed by atoms with van der Waals surface area (Å²) in [5.41, 5.74) is 0. The molecule has 2 fully saturated rings. The summed E-state index contributed by atoms with van der Waals surface area (Å²) in [5.74, 6) is 0.620. The van der Waals surface area contributed by atoms with Gasteiger partial charge in [0.1, 0.15) is 0 Å². The van der Waals surface area contributed by atoms with Crippen LogP contribution in [0.5, 0.6) is 0 Å². The predicted molar refractivity (Wildman–Crippen MR) is 81.8 cm³/mol. The Morgan fingerprint density at radius 3 is 2.40 bits per heavy atom. The van der Waals surface area contributed by atoms with E-state index in [0.29, 0.717) is 25.6 Å². The summed E-state index contributed by atoms with van der Waals surface area (Å²) in [6.07, 6.45) is 6.07. The van der Waals surface area contributed by atoms with Crippen LogP contribution in [0.3, 0.4) is 0 Å². The molecule has 0 saturated carbocycles. The van der Waals surface area contributed by atoms with Gasteiger partial charge in [0.2, 0.25) is 0 Å². The lowest BCUT2D eigenvalue weighted by Crippen LogP contribution is -2.52. The van der Waals surface area contributed by atoms with Crippen molar-refractivity contribution in [2.24, 2.45) is 5.92 Å². The van der Waals surface area contributed by atoms with Gasteiger partial charge >= 0.3 is 0 Å². The van der Waals surface area contributed by atoms with Crippen molar-refractivity contribution < 1.29 is 8.42 Å². The summed E-state index contributed by atoms with van der Waals surface area (Å²) < 4.78 is 29.1. The zero-order valence-electron chi connectivity index (χ0n) is 12.8. The maximum absolute atomic E-state index is 12.8. The minimum Gasteiger partial charge on any atom is -0.319 e. The van der Waals surface area contributed by atoms with E-state index in [9.17, 15) is 8.42 Å². The third-order valence-electron chi connectivity index (χ3n) is 4.73. The van der Waals surface area contributed by atoms with Crippen LogP contribution in [0.4, 0.5) is 0 Å². The second-order valence-electron chi connectivity index (χ2n) is 6.08. The quantitative estimate of drug-likeness (QED) is 0.836. The molecule has 1 unspecified atom stereocenters. The third kappa shape index (κ3) is 3.53. The molecule has 0 aliphatic carbocycles. The van der Waals surface area contributed by atoms with Gasteiger partial charge in [-0.1, -0.05) is 13.3 Å². The van der Waals surface area contributed by atoms with Crippen molar-refractivity contribution >= 4 is 10.2 Å². The third-order valence-corrected chi connectivity index (χ3v) is 6.82. The Balaban J connectivity index is 1.99. The highest BCUT2D eigenvalue weighted by atomic mass is 32.2. The van der Waals surface area contributed by atoms with E-state index in [-0.39, 0.29) is 6.04 Å². The van der Waals surface area contributed by atoms with Crippen LogP contribution >= 0.6 is 0 Å². The summed E-state index contributed by atoms with van der Waals surface area (Å²) in [6, 6.07) is 0.212. The number of rotatable bonds is 5. The van der Waals surface area contributed by atoms with Crippen LogP contribution in [-0.2, 0) is 10.2 Å². The molecule has 0 radical (unpaired) electrons. The Labute approximate surface area is 123 Å². The van der Waals surface area contributed by atoms with Gasteiger partial charge < -0.3 is 5.32 Å². The molecule has 2 aliphatic heterocycles. The number of piperidine rings is 2. The summed E-state index contributed by atoms with van der Waals surface area (Å²) in [5, 5.41) is 3.19. The molecular weight excluding hydrogens is 274 g/mol. The lowest BCUT2D eigenvalue weighted by atomic mass is 9.98. The second kappa shape index (κ2) is 7.20. The fourth-order valence-electron chi connectivity index (χ4n) is 3.47. The molecule has 20 heavy (non-hydrogen) atoms. The first-order valence-electron chi connectivity index (χ1n) is 8.01. The topological polar surface area (TPSA) is 52.7 Å². The lowest BCUT2D eigenvalue weighted by Gasteiger charge is -2.40. The Kier molecular flexibility index (Phi) is 5.84. The Bertz CT molecular complexity index is 391. The van der Waals surface area contributed by atoms with Crippen molar-refractivity contribution in [2.45, 2.75) is 51.5 Å². The minimum atomic E-state index is -3.24. The maximum Gasteiger partial charge on any atom is 0.282 e. The molecule has 5 nitrogen and oxygen atoms in total. The van der Waals surface area contributed by atoms with E-state index in [1.54, 1.807) is 8.61 Å². The van der Waals surface area contributed by atoms with Crippen LogP contribution in [0.2, 0.25) is 0 Å². The van der Waals surface area contributed by atoms with E-state index >= 15 is 0 Å². The highest BCUT2D eigenvalue weighted by Gasteiger charge is 2.37. The zero-order valence-corrected chi connectivity index (χ0v) is 13.7. The van der Waals surface area contributed by atoms with Gasteiger partial charge in [0.05, 0.1) is 0 Å². The molecule has 0 spiro atoms. The van der Waals surface area contributed by atoms with Gasteiger partial charge in [-0.15, -0.1) is 0 Å². The van der Waals surface area contributed by atoms with Gasteiger partial charge in [-0.2, -0.15) is 17.0 Å². The van der Waals surface area contributed by atoms with Gasteiger partial charge in [0, 0.05) is 25.7 Å². The number of hydrogen-bond donors (Lipinski definition) is 1. The van der Waals surface area contributed by atoms with Crippen molar-refractivity contribution in [1.82, 2.24) is 13.9 Å². The molecule has 0 bridgehead atoms. The molecule has 2 rings (SSSR count). The molecule has 0 aromatic heterocycles. The Morgan fingerprint density at radius 1 is 1.10 bits per heavy atom. The molecular formula is C14H29N3O2S. The highest BCUT2D eigenvalue weighted by molar-refractivity contribution is 7.86. The minimum absolute atomic E-state index is 0.212. The van der Waals surface area contributed by atoms with Crippen LogP contribution in [0.25, 0.3) is 0 Å². The molecule has 6 heteroatoms. The fraction of sp³-hybridized carbons (Fsp3) is 1.00. The summed E-state index contributed by atoms with van der Waals surface area (Å²) in [6.45, 7) is 5.16. The number of nitrogens with one attached hydrogen (secondary N) is 1. The van der Waals surface area contributed by atoms with Crippen molar-refractivity contribution in [3.05, 3.63) is 0 Å². The SMILES string of the molecule is CCC1CCCCN1S(=O)(=O)N1CCC(CNC)CC1. The molecule has 1 atom stereocenters. The first-order chi connectivity index (χ1) is 9.59. The first kappa shape index (κ1) is 16.2. The van der Waals surface area contributed by atoms with E-state index in [4.69, 9.17) is 0 Å². The average Bonchev–Trinajstić information content (AvgIpc) is 2.48. The van der Waals surface area contributed by atoms with E-state index in [1.807, 2.05) is 7.05 Å². The zero-order chi connectivity index (χ0) is 14.6. The Morgan fingerprint density at radius 2 is 1.80 bits per heavy atom. The van der Waals surface area contributed by atoms with E-state index in [2.05, 4.69) is 12.2 Å². The predicted octanol–water partition coefficient (Wildman–Crippen LogP) is 1.43. The molecule has 0 aromatic carbocycles. The molecule has 0 aromatic rings. The monoisotopic (exact) mass is 303 g/mol. The fourth-order valence-corrected chi connectivity index (χ4v) is 5.43. The highest BCUT2D eigenvalue weighted by Crippen LogP contribution is 2.27. The van der Waals surface area contributed by atoms with Crippen LogP contribution < -0.4 is 5.32 Å². The summed E-state index contributed by atoms with van der Waals surface area (Å²) >= 11 is 0. The largest absolute Gasteiger partial charge is 0.319 e. The van der Waals surface area contributed by atoms with Gasteiger partial charge in [-0.25, -0.2) is 0 Å². The van der Waals surface area contributed by atoms with Crippen LogP contribution in [-0.4, -0.2) is 56.3 Å². The first-order valence-corrected chi connectivity index (χ1v) is 9.40. The normalized spacial score (nSPS) is 27.8. The molecule has 0 amide bonds. The lowest BCUT2D eigenvalue weighted by molar-refractivity contribution is 0.206. The van der Waals surface area contributed by atoms with Crippen molar-refractivity contribution in [3.8, 4) is 0 Å². The van der Waals surface area contributed by atoms with Crippen molar-refractivity contribution in [2.75, 3.05) is 33.2 Å². The summed E-state index contributed by atoms with van der Waals surface area (Å²) in [4.78, 5) is 0. The Hall–Kier alpha value is -0.170. The van der Waals surface area contributed by atoms with Crippen molar-refractivity contribution in [3.63, 3.8) is 0 Å². The smallest absolute Gasteiger partial charge is 0.282 e. The second-order valence-corrected chi connectivity index (χ2v) is 7.96. The van der Waals surface area contributed by atoms with Crippen LogP contribution in [0.1, 0.15) is 45.4 Å². The van der Waals surface area contributed by atoms with Gasteiger partial charge in [-0.3, -0.25) is 0 Å². The van der Waals surface area contributed by atoms with Gasteiger partial charge in [0.25, 0.3) is 10.2 Å². The summed E-state index contributed by atoms with van der Waals surface area (Å²) in [7, 11) is -1.28. The van der Waals surface area contributed by atoms with Gasteiger partial charge in [-0.05, 0) is 51.6 Å². The molecule has 2 aliphatic rings. The number of nitrogens with zero attached hydrogens (tertiary/aromatic N) is 2. The molecule has 2 heterocycles. The molecule has 118 valence electrons. The van der Waals surface area contributed by atoms with E-state index in [1.165, 1.54) is 0 Å². The standard InChI is InChI=1S/C14H29N3O2S/c1-3-14-6-4-5-9-17(14)20(18,19)16-10-7-13(8-11-16)12-15-2/h13-15H,3-12H2,1-2H3. The molecule has 2 saturated heterocycles. The molecule has 1 N–H and O–H groups in total. The maximum atomic E-state index is 12.8. The number of hydrogen-bond acceptors (Lipinski definition) is 3. The van der Waals surface area contributed by atoms with E-state index in [0.717, 1.165) is 45.1 Å². The van der Waals surface area contributed by atoms with Gasteiger partial charge in [0.15, 0.2) is 0 Å². The average molecular weight is 303 g/mol. The van der Waals surface area contributed by atoms with Crippen molar-refractivity contribution in [1.29, 1.82) is 0 Å². The van der Waals surface area contributed by atoms with Crippen LogP contribution in [0, 0.1) is 5.92 Å². The van der Waals surface area contributed by atoms with Crippen LogP contribution in [0.15, 0.2) is 0 Å².